The molecule has 0 aliphatic carbocycles. The maximum atomic E-state index is 8.94. The van der Waals surface area contributed by atoms with Crippen LogP contribution in [0.5, 0.6) is 5.75 Å². The van der Waals surface area contributed by atoms with Gasteiger partial charge in [0.05, 0.1) is 26.0 Å². The number of rotatable bonds is 6. The van der Waals surface area contributed by atoms with E-state index in [1.54, 1.807) is 12.0 Å². The van der Waals surface area contributed by atoms with E-state index < -0.39 is 0 Å². The van der Waals surface area contributed by atoms with Crippen LogP contribution in [0, 0.1) is 0 Å². The first-order valence-corrected chi connectivity index (χ1v) is 6.04. The van der Waals surface area contributed by atoms with Gasteiger partial charge in [0, 0.05) is 13.1 Å². The minimum Gasteiger partial charge on any atom is -0.495 e. The van der Waals surface area contributed by atoms with Crippen molar-refractivity contribution in [3.8, 4) is 5.75 Å². The van der Waals surface area contributed by atoms with Crippen LogP contribution in [0.25, 0.3) is 0 Å². The first-order chi connectivity index (χ1) is 8.72. The van der Waals surface area contributed by atoms with Gasteiger partial charge in [-0.3, -0.25) is 0 Å². The molecule has 18 heavy (non-hydrogen) atoms. The molecule has 1 aromatic carbocycles. The van der Waals surface area contributed by atoms with Crippen molar-refractivity contribution in [2.75, 3.05) is 38.7 Å². The van der Waals surface area contributed by atoms with E-state index in [9.17, 15) is 0 Å². The predicted octanol–water partition coefficient (Wildman–Crippen LogP) is 0.679. The van der Waals surface area contributed by atoms with E-state index in [4.69, 9.17) is 27.2 Å². The van der Waals surface area contributed by atoms with Crippen molar-refractivity contribution in [2.45, 2.75) is 0 Å². The van der Waals surface area contributed by atoms with Gasteiger partial charge in [0.25, 0.3) is 0 Å². The quantitative estimate of drug-likeness (QED) is 0.661. The third-order valence-corrected chi connectivity index (χ3v) is 2.74. The molecule has 1 aromatic rings. The van der Waals surface area contributed by atoms with E-state index in [1.165, 1.54) is 0 Å². The Labute approximate surface area is 112 Å². The van der Waals surface area contributed by atoms with Crippen LogP contribution in [-0.2, 0) is 0 Å². The van der Waals surface area contributed by atoms with Gasteiger partial charge in [-0.25, -0.2) is 0 Å². The predicted molar refractivity (Wildman–Crippen MR) is 75.0 cm³/mol. The molecule has 0 aromatic heterocycles. The summed E-state index contributed by atoms with van der Waals surface area (Å²) in [6, 6.07) is 7.41. The summed E-state index contributed by atoms with van der Waals surface area (Å²) in [4.78, 5) is 1.70. The maximum absolute atomic E-state index is 8.94. The Morgan fingerprint density at radius 1 is 1.28 bits per heavy atom. The third-order valence-electron chi connectivity index (χ3n) is 2.38. The fraction of sp³-hybridized carbons (Fsp3) is 0.417. The highest BCUT2D eigenvalue weighted by atomic mass is 32.1. The largest absolute Gasteiger partial charge is 0.495 e. The number of aliphatic hydroxyl groups is 2. The highest BCUT2D eigenvalue weighted by Gasteiger charge is 2.10. The van der Waals surface area contributed by atoms with Crippen LogP contribution in [0.3, 0.4) is 0 Å². The summed E-state index contributed by atoms with van der Waals surface area (Å²) >= 11 is 5.23. The van der Waals surface area contributed by atoms with E-state index in [2.05, 4.69) is 5.32 Å². The zero-order valence-corrected chi connectivity index (χ0v) is 11.1. The number of thiocarbonyl (C=S) groups is 1. The molecule has 0 heterocycles. The van der Waals surface area contributed by atoms with Crippen LogP contribution in [0.15, 0.2) is 24.3 Å². The molecule has 0 aliphatic rings. The molecular formula is C12H18N2O3S. The van der Waals surface area contributed by atoms with E-state index in [0.29, 0.717) is 24.0 Å². The second kappa shape index (κ2) is 7.86. The lowest BCUT2D eigenvalue weighted by Gasteiger charge is -2.24. The molecule has 5 nitrogen and oxygen atoms in total. The van der Waals surface area contributed by atoms with E-state index >= 15 is 0 Å². The lowest BCUT2D eigenvalue weighted by Crippen LogP contribution is -2.38. The molecule has 0 saturated heterocycles. The van der Waals surface area contributed by atoms with Crippen LogP contribution in [0.2, 0.25) is 0 Å². The summed E-state index contributed by atoms with van der Waals surface area (Å²) in [5.74, 6) is 0.688. The average Bonchev–Trinajstić information content (AvgIpc) is 2.39. The SMILES string of the molecule is COc1ccccc1NC(=S)N(CCO)CCO. The molecule has 0 radical (unpaired) electrons. The van der Waals surface area contributed by atoms with Crippen molar-refractivity contribution in [3.05, 3.63) is 24.3 Å². The lowest BCUT2D eigenvalue weighted by atomic mass is 10.3. The Hall–Kier alpha value is -1.37. The molecule has 3 N–H and O–H groups in total. The zero-order valence-electron chi connectivity index (χ0n) is 10.3. The van der Waals surface area contributed by atoms with Crippen LogP contribution in [-0.4, -0.2) is 53.6 Å². The minimum atomic E-state index is -0.0201. The number of ether oxygens (including phenoxy) is 1. The second-order valence-corrected chi connectivity index (χ2v) is 3.95. The van der Waals surface area contributed by atoms with Crippen molar-refractivity contribution >= 4 is 23.0 Å². The number of aliphatic hydroxyl groups excluding tert-OH is 2. The number of methoxy groups -OCH3 is 1. The van der Waals surface area contributed by atoms with Crippen molar-refractivity contribution in [3.63, 3.8) is 0 Å². The van der Waals surface area contributed by atoms with Gasteiger partial charge in [0.15, 0.2) is 5.11 Å². The van der Waals surface area contributed by atoms with E-state index in [1.807, 2.05) is 24.3 Å². The molecule has 0 fully saturated rings. The number of hydrogen-bond acceptors (Lipinski definition) is 4. The number of nitrogens with one attached hydrogen (secondary N) is 1. The van der Waals surface area contributed by atoms with Crippen LogP contribution in [0.1, 0.15) is 0 Å². The summed E-state index contributed by atoms with van der Waals surface area (Å²) in [7, 11) is 1.59. The maximum Gasteiger partial charge on any atom is 0.173 e. The Kier molecular flexibility index (Phi) is 6.42. The van der Waals surface area contributed by atoms with Gasteiger partial charge in [-0.1, -0.05) is 12.1 Å². The monoisotopic (exact) mass is 270 g/mol. The van der Waals surface area contributed by atoms with Gasteiger partial charge in [-0.2, -0.15) is 0 Å². The molecule has 0 spiro atoms. The third kappa shape index (κ3) is 4.14. The van der Waals surface area contributed by atoms with Crippen LogP contribution < -0.4 is 10.1 Å². The normalized spacial score (nSPS) is 9.94. The Balaban J connectivity index is 2.72. The molecule has 0 unspecified atom stereocenters. The van der Waals surface area contributed by atoms with Gasteiger partial charge in [-0.05, 0) is 24.4 Å². The van der Waals surface area contributed by atoms with Gasteiger partial charge < -0.3 is 25.2 Å². The first kappa shape index (κ1) is 14.7. The fourth-order valence-corrected chi connectivity index (χ4v) is 1.79. The van der Waals surface area contributed by atoms with Crippen molar-refractivity contribution in [1.82, 2.24) is 4.90 Å². The average molecular weight is 270 g/mol. The van der Waals surface area contributed by atoms with Gasteiger partial charge in [0.2, 0.25) is 0 Å². The number of anilines is 1. The smallest absolute Gasteiger partial charge is 0.173 e. The van der Waals surface area contributed by atoms with Crippen molar-refractivity contribution in [2.24, 2.45) is 0 Å². The molecule has 0 amide bonds. The summed E-state index contributed by atoms with van der Waals surface area (Å²) in [6.07, 6.45) is 0. The summed E-state index contributed by atoms with van der Waals surface area (Å²) in [5, 5.41) is 21.4. The second-order valence-electron chi connectivity index (χ2n) is 3.56. The Morgan fingerprint density at radius 3 is 2.44 bits per heavy atom. The molecular weight excluding hydrogens is 252 g/mol. The van der Waals surface area contributed by atoms with Gasteiger partial charge in [0.1, 0.15) is 5.75 Å². The molecule has 0 atom stereocenters. The molecule has 6 heteroatoms. The highest BCUT2D eigenvalue weighted by molar-refractivity contribution is 7.80. The first-order valence-electron chi connectivity index (χ1n) is 5.63. The minimum absolute atomic E-state index is 0.0201. The summed E-state index contributed by atoms with van der Waals surface area (Å²) in [6.45, 7) is 0.713. The molecule has 0 aliphatic heterocycles. The topological polar surface area (TPSA) is 65.0 Å². The molecule has 0 saturated carbocycles. The van der Waals surface area contributed by atoms with Gasteiger partial charge in [-0.15, -0.1) is 0 Å². The number of hydrogen-bond donors (Lipinski definition) is 3. The zero-order chi connectivity index (χ0) is 13.4. The molecule has 1 rings (SSSR count). The Bertz CT molecular complexity index is 381. The number of para-hydroxylation sites is 2. The van der Waals surface area contributed by atoms with Gasteiger partial charge >= 0.3 is 0 Å². The fourth-order valence-electron chi connectivity index (χ4n) is 1.50. The Morgan fingerprint density at radius 2 is 1.89 bits per heavy atom. The van der Waals surface area contributed by atoms with Crippen LogP contribution >= 0.6 is 12.2 Å². The number of benzene rings is 1. The van der Waals surface area contributed by atoms with Crippen molar-refractivity contribution in [1.29, 1.82) is 0 Å². The summed E-state index contributed by atoms with van der Waals surface area (Å²) in [5.41, 5.74) is 0.755. The van der Waals surface area contributed by atoms with E-state index in [0.717, 1.165) is 5.69 Å². The number of nitrogens with zero attached hydrogens (tertiary/aromatic N) is 1. The molecule has 100 valence electrons. The van der Waals surface area contributed by atoms with Crippen molar-refractivity contribution < 1.29 is 14.9 Å². The highest BCUT2D eigenvalue weighted by Crippen LogP contribution is 2.23. The van der Waals surface area contributed by atoms with Crippen LogP contribution in [0.4, 0.5) is 5.69 Å². The molecule has 0 bridgehead atoms. The lowest BCUT2D eigenvalue weighted by molar-refractivity contribution is 0.214. The standard InChI is InChI=1S/C12H18N2O3S/c1-17-11-5-3-2-4-10(11)13-12(18)14(6-8-15)7-9-16/h2-5,15-16H,6-9H2,1H3,(H,13,18). The summed E-state index contributed by atoms with van der Waals surface area (Å²) < 4.78 is 5.21. The van der Waals surface area contributed by atoms with E-state index in [-0.39, 0.29) is 13.2 Å².